The molecule has 2 saturated heterocycles. The summed E-state index contributed by atoms with van der Waals surface area (Å²) in [6.45, 7) is 2.90. The van der Waals surface area contributed by atoms with E-state index in [0.717, 1.165) is 15.9 Å². The van der Waals surface area contributed by atoms with Gasteiger partial charge < -0.3 is 10.2 Å². The van der Waals surface area contributed by atoms with E-state index in [-0.39, 0.29) is 49.2 Å². The Hall–Kier alpha value is -5.35. The van der Waals surface area contributed by atoms with Gasteiger partial charge in [0.15, 0.2) is 0 Å². The van der Waals surface area contributed by atoms with Gasteiger partial charge in [-0.2, -0.15) is 13.2 Å². The second-order valence-electron chi connectivity index (χ2n) is 11.0. The summed E-state index contributed by atoms with van der Waals surface area (Å²) in [6.07, 6.45) is -4.97. The standard InChI is InChI=1S/C28H25F3N6O8/c1-27(2)25(42)35(14-7-8-18(37(44)45)16(13-14)28(29,30)31)26(43)34(27)12-4-11-32-17-6-3-5-15-21(17)24(41)36(23(15)40)19-9-10-20(38)33-22(19)39/h3,5-8,13,19,32H,4,9-12H2,1-2H3,(H,33,38,39). The summed E-state index contributed by atoms with van der Waals surface area (Å²) in [5, 5.41) is 16.3. The lowest BCUT2D eigenvalue weighted by Crippen LogP contribution is -2.54. The van der Waals surface area contributed by atoms with Crippen molar-refractivity contribution in [2.24, 2.45) is 0 Å². The van der Waals surface area contributed by atoms with Crippen LogP contribution in [0.5, 0.6) is 0 Å². The van der Waals surface area contributed by atoms with Crippen LogP contribution in [0.2, 0.25) is 0 Å². The second-order valence-corrected chi connectivity index (χ2v) is 11.0. The summed E-state index contributed by atoms with van der Waals surface area (Å²) < 4.78 is 40.6. The van der Waals surface area contributed by atoms with Gasteiger partial charge in [-0.25, -0.2) is 9.69 Å². The predicted octanol–water partition coefficient (Wildman–Crippen LogP) is 3.06. The number of nitrogens with one attached hydrogen (secondary N) is 2. The van der Waals surface area contributed by atoms with Crippen LogP contribution in [0.25, 0.3) is 0 Å². The molecule has 0 bridgehead atoms. The number of halogens is 3. The average molecular weight is 631 g/mol. The maximum absolute atomic E-state index is 13.5. The number of alkyl halides is 3. The molecule has 3 heterocycles. The second kappa shape index (κ2) is 11.0. The number of hydrogen-bond donors (Lipinski definition) is 2. The molecule has 17 heteroatoms. The quantitative estimate of drug-likeness (QED) is 0.146. The Labute approximate surface area is 252 Å². The Morgan fingerprint density at radius 3 is 2.42 bits per heavy atom. The number of carbonyl (C=O) groups excluding carboxylic acids is 6. The molecule has 0 radical (unpaired) electrons. The van der Waals surface area contributed by atoms with Gasteiger partial charge in [0, 0.05) is 31.3 Å². The van der Waals surface area contributed by atoms with Crippen LogP contribution in [-0.4, -0.2) is 75.0 Å². The molecule has 7 amide bonds. The molecule has 5 rings (SSSR count). The van der Waals surface area contributed by atoms with E-state index in [1.165, 1.54) is 26.0 Å². The fraction of sp³-hybridized carbons (Fsp3) is 0.357. The number of hydrogen-bond acceptors (Lipinski definition) is 9. The molecule has 0 saturated carbocycles. The molecule has 45 heavy (non-hydrogen) atoms. The van der Waals surface area contributed by atoms with Crippen molar-refractivity contribution in [3.8, 4) is 0 Å². The van der Waals surface area contributed by atoms with E-state index in [1.54, 1.807) is 6.07 Å². The third kappa shape index (κ3) is 5.23. The molecule has 3 aliphatic heterocycles. The SMILES string of the molecule is CC1(C)C(=O)N(c2ccc([N+](=O)[O-])c(C(F)(F)F)c2)C(=O)N1CCCNc1cccc2c1C(=O)N(C1CCC(=O)NC1=O)C2=O. The van der Waals surface area contributed by atoms with Crippen molar-refractivity contribution in [1.29, 1.82) is 0 Å². The summed E-state index contributed by atoms with van der Waals surface area (Å²) in [5.41, 5.74) is -4.41. The van der Waals surface area contributed by atoms with Crippen molar-refractivity contribution in [2.45, 2.75) is 50.9 Å². The number of carbonyl (C=O) groups is 6. The number of nitro benzene ring substituents is 1. The minimum atomic E-state index is -5.12. The van der Waals surface area contributed by atoms with Crippen LogP contribution in [0.15, 0.2) is 36.4 Å². The zero-order valence-electron chi connectivity index (χ0n) is 23.8. The van der Waals surface area contributed by atoms with E-state index in [9.17, 15) is 52.1 Å². The van der Waals surface area contributed by atoms with Gasteiger partial charge >= 0.3 is 12.2 Å². The Kier molecular flexibility index (Phi) is 7.58. The van der Waals surface area contributed by atoms with Gasteiger partial charge in [0.25, 0.3) is 23.4 Å². The normalized spacial score (nSPS) is 19.8. The Morgan fingerprint density at radius 1 is 1.07 bits per heavy atom. The molecule has 2 N–H and O–H groups in total. The minimum absolute atomic E-state index is 0.00826. The molecule has 2 fully saturated rings. The van der Waals surface area contributed by atoms with Crippen molar-refractivity contribution in [1.82, 2.24) is 15.1 Å². The highest BCUT2D eigenvalue weighted by atomic mass is 19.4. The third-order valence-corrected chi connectivity index (χ3v) is 7.91. The zero-order valence-corrected chi connectivity index (χ0v) is 23.8. The number of amides is 7. The molecule has 3 aliphatic rings. The number of urea groups is 1. The van der Waals surface area contributed by atoms with E-state index in [4.69, 9.17) is 0 Å². The summed E-state index contributed by atoms with van der Waals surface area (Å²) in [4.78, 5) is 89.1. The number of piperidine rings is 1. The summed E-state index contributed by atoms with van der Waals surface area (Å²) in [6, 6.07) is 4.32. The lowest BCUT2D eigenvalue weighted by atomic mass is 10.0. The molecule has 0 aliphatic carbocycles. The number of rotatable bonds is 8. The van der Waals surface area contributed by atoms with Crippen LogP contribution in [-0.2, 0) is 20.6 Å². The summed E-state index contributed by atoms with van der Waals surface area (Å²) >= 11 is 0. The largest absolute Gasteiger partial charge is 0.423 e. The summed E-state index contributed by atoms with van der Waals surface area (Å²) in [7, 11) is 0. The number of benzene rings is 2. The van der Waals surface area contributed by atoms with E-state index in [1.807, 2.05) is 0 Å². The van der Waals surface area contributed by atoms with Gasteiger partial charge in [-0.15, -0.1) is 0 Å². The lowest BCUT2D eigenvalue weighted by molar-refractivity contribution is -0.388. The average Bonchev–Trinajstić information content (AvgIpc) is 3.31. The van der Waals surface area contributed by atoms with Crippen molar-refractivity contribution < 1.29 is 46.9 Å². The van der Waals surface area contributed by atoms with Crippen LogP contribution in [0.3, 0.4) is 0 Å². The maximum atomic E-state index is 13.5. The van der Waals surface area contributed by atoms with Gasteiger partial charge in [0.2, 0.25) is 11.8 Å². The van der Waals surface area contributed by atoms with Gasteiger partial charge in [-0.1, -0.05) is 6.07 Å². The highest BCUT2D eigenvalue weighted by Crippen LogP contribution is 2.40. The van der Waals surface area contributed by atoms with E-state index >= 15 is 0 Å². The van der Waals surface area contributed by atoms with E-state index in [2.05, 4.69) is 10.6 Å². The molecule has 1 atom stereocenters. The molecule has 236 valence electrons. The van der Waals surface area contributed by atoms with Crippen LogP contribution in [0, 0.1) is 10.1 Å². The van der Waals surface area contributed by atoms with Crippen LogP contribution in [0.1, 0.15) is 59.4 Å². The molecular formula is C28H25F3N6O8. The highest BCUT2D eigenvalue weighted by molar-refractivity contribution is 6.25. The van der Waals surface area contributed by atoms with E-state index < -0.39 is 75.2 Å². The Balaban J connectivity index is 1.29. The first-order valence-electron chi connectivity index (χ1n) is 13.7. The molecule has 2 aromatic carbocycles. The molecule has 2 aromatic rings. The monoisotopic (exact) mass is 630 g/mol. The minimum Gasteiger partial charge on any atom is -0.384 e. The first-order chi connectivity index (χ1) is 21.1. The van der Waals surface area contributed by atoms with Crippen LogP contribution >= 0.6 is 0 Å². The topological polar surface area (TPSA) is 179 Å². The van der Waals surface area contributed by atoms with Gasteiger partial charge in [0.1, 0.15) is 17.1 Å². The number of anilines is 2. The maximum Gasteiger partial charge on any atom is 0.423 e. The molecule has 0 spiro atoms. The number of nitrogens with zero attached hydrogens (tertiary/aromatic N) is 4. The zero-order chi connectivity index (χ0) is 33.0. The Bertz CT molecular complexity index is 1690. The first kappa shape index (κ1) is 31.1. The smallest absolute Gasteiger partial charge is 0.384 e. The van der Waals surface area contributed by atoms with Crippen molar-refractivity contribution >= 4 is 52.6 Å². The summed E-state index contributed by atoms with van der Waals surface area (Å²) in [5.74, 6) is -3.48. The van der Waals surface area contributed by atoms with Gasteiger partial charge in [-0.3, -0.25) is 44.3 Å². The lowest BCUT2D eigenvalue weighted by Gasteiger charge is -2.28. The van der Waals surface area contributed by atoms with Crippen LogP contribution < -0.4 is 15.5 Å². The molecule has 0 aromatic heterocycles. The molecule has 1 unspecified atom stereocenters. The predicted molar refractivity (Wildman–Crippen MR) is 148 cm³/mol. The van der Waals surface area contributed by atoms with Crippen LogP contribution in [0.4, 0.5) is 35.0 Å². The van der Waals surface area contributed by atoms with Crippen molar-refractivity contribution in [3.63, 3.8) is 0 Å². The highest BCUT2D eigenvalue weighted by Gasteiger charge is 2.52. The fourth-order valence-electron chi connectivity index (χ4n) is 5.61. The van der Waals surface area contributed by atoms with Crippen molar-refractivity contribution in [3.05, 3.63) is 63.2 Å². The van der Waals surface area contributed by atoms with Crippen molar-refractivity contribution in [2.75, 3.05) is 23.3 Å². The third-order valence-electron chi connectivity index (χ3n) is 7.91. The molecule has 14 nitrogen and oxygen atoms in total. The van der Waals surface area contributed by atoms with Gasteiger partial charge in [0.05, 0.1) is 21.7 Å². The first-order valence-corrected chi connectivity index (χ1v) is 13.7. The Morgan fingerprint density at radius 2 is 1.78 bits per heavy atom. The number of nitro groups is 1. The fourth-order valence-corrected chi connectivity index (χ4v) is 5.61. The number of imide groups is 3. The van der Waals surface area contributed by atoms with Gasteiger partial charge in [-0.05, 0) is 51.0 Å². The molecular weight excluding hydrogens is 605 g/mol. The number of fused-ring (bicyclic) bond motifs is 1. The van der Waals surface area contributed by atoms with E-state index in [0.29, 0.717) is 17.0 Å².